The van der Waals surface area contributed by atoms with Gasteiger partial charge < -0.3 is 29.2 Å². The fourth-order valence-corrected chi connectivity index (χ4v) is 7.14. The number of pyridine rings is 1. The Morgan fingerprint density at radius 3 is 2.19 bits per heavy atom. The molecule has 2 N–H and O–H groups in total. The van der Waals surface area contributed by atoms with Crippen molar-refractivity contribution in [3.63, 3.8) is 0 Å². The number of allylic oxidation sites excluding steroid dienone is 4. The van der Waals surface area contributed by atoms with Crippen LogP contribution < -0.4 is 4.74 Å². The molecule has 1 atom stereocenters. The number of ketones is 1. The van der Waals surface area contributed by atoms with Crippen LogP contribution in [0, 0.1) is 24.7 Å². The zero-order valence-corrected chi connectivity index (χ0v) is 39.2. The Hall–Kier alpha value is -4.00. The Morgan fingerprint density at radius 1 is 1.08 bits per heavy atom. The van der Waals surface area contributed by atoms with E-state index in [1.54, 1.807) is 13.3 Å². The van der Waals surface area contributed by atoms with Gasteiger partial charge in [0.05, 0.1) is 36.6 Å². The lowest BCUT2D eigenvalue weighted by Crippen LogP contribution is -2.56. The number of nitrogens with zero attached hydrogens (tertiary/aromatic N) is 4. The number of nitrogens with one attached hydrogen (secondary N) is 1. The molecule has 4 rings (SSSR count). The summed E-state index contributed by atoms with van der Waals surface area (Å²) in [4.78, 5) is 41.6. The molecule has 0 radical (unpaired) electrons. The van der Waals surface area contributed by atoms with Crippen LogP contribution in [0.5, 0.6) is 5.88 Å². The molecular formula is C47H75N5O6S. The highest BCUT2D eigenvalue weighted by molar-refractivity contribution is 8.12. The monoisotopic (exact) mass is 838 g/mol. The van der Waals surface area contributed by atoms with E-state index in [4.69, 9.17) is 24.1 Å². The molecule has 0 spiro atoms. The van der Waals surface area contributed by atoms with Crippen LogP contribution >= 0.6 is 11.8 Å². The van der Waals surface area contributed by atoms with Crippen molar-refractivity contribution >= 4 is 46.3 Å². The number of carbonyl (C=O) groups excluding carboxylic acids is 1. The first kappa shape index (κ1) is 53.0. The molecular weight excluding hydrogens is 763 g/mol. The molecule has 2 aromatic rings. The molecule has 0 aliphatic carbocycles. The number of H-pyrrole nitrogens is 1. The molecule has 11 nitrogen and oxygen atoms in total. The number of hydrogen-bond donors (Lipinski definition) is 2. The van der Waals surface area contributed by atoms with Crippen molar-refractivity contribution in [2.24, 2.45) is 27.7 Å². The van der Waals surface area contributed by atoms with Crippen molar-refractivity contribution in [1.82, 2.24) is 14.9 Å². The minimum absolute atomic E-state index is 0.00250. The lowest BCUT2D eigenvalue weighted by molar-refractivity contribution is -0.231. The van der Waals surface area contributed by atoms with Crippen LogP contribution in [0.3, 0.4) is 0 Å². The van der Waals surface area contributed by atoms with Gasteiger partial charge in [0, 0.05) is 54.0 Å². The molecule has 2 aliphatic heterocycles. The number of likely N-dealkylation sites (tertiary alicyclic amines) is 1. The number of ether oxygens (including phenoxy) is 3. The first-order valence-corrected chi connectivity index (χ1v) is 22.1. The molecule has 0 bridgehead atoms. The Labute approximate surface area is 360 Å². The topological polar surface area (TPSA) is 139 Å². The number of aromatic amines is 1. The van der Waals surface area contributed by atoms with Crippen LogP contribution in [0.25, 0.3) is 10.6 Å². The van der Waals surface area contributed by atoms with Gasteiger partial charge in [0.1, 0.15) is 17.3 Å². The standard InChI is InChI=1S/C18H25NO2S.C16H24N4.C12H24O2.CH2O2/c1-7-9-16(22-15(8-2)17(20)12(3)4)14-10-13(5)18(21-6)19-11-14;1-4-8-16(15-9-7-10-17-15)19-13(2)18-14(3)20-11-5-6-12-20;1-5-11(4)6-7-14-12(10(2)3)8-13-9-12;2-1-3/h8-12H,7H2,1-6H3;7-10,17H,4-6,11-12H2,1-3H3;10-11H,5-9H2,1-4H3;1H,(H,2,3)/b15-8-,16-9+;16-8+,18-14?,19-13?;;. The summed E-state index contributed by atoms with van der Waals surface area (Å²) in [7, 11) is 1.62. The molecule has 1 unspecified atom stereocenters. The third-order valence-corrected chi connectivity index (χ3v) is 11.3. The summed E-state index contributed by atoms with van der Waals surface area (Å²) in [6.45, 7) is 29.4. The smallest absolute Gasteiger partial charge is 0.290 e. The van der Waals surface area contributed by atoms with Crippen molar-refractivity contribution in [2.75, 3.05) is 40.0 Å². The fourth-order valence-electron chi connectivity index (χ4n) is 5.97. The lowest BCUT2D eigenvalue weighted by atomic mass is 9.88. The summed E-state index contributed by atoms with van der Waals surface area (Å²) >= 11 is 1.52. The Balaban J connectivity index is 0.000000437. The van der Waals surface area contributed by atoms with Crippen LogP contribution in [0.15, 0.2) is 63.7 Å². The van der Waals surface area contributed by atoms with Gasteiger partial charge >= 0.3 is 0 Å². The first-order valence-electron chi connectivity index (χ1n) is 21.3. The van der Waals surface area contributed by atoms with Crippen LogP contribution in [0.2, 0.25) is 0 Å². The Bertz CT molecular complexity index is 1670. The van der Waals surface area contributed by atoms with Crippen LogP contribution in [-0.2, 0) is 19.1 Å². The van der Waals surface area contributed by atoms with E-state index in [0.717, 1.165) is 95.7 Å². The average molecular weight is 838 g/mol. The largest absolute Gasteiger partial charge is 0.483 e. The zero-order chi connectivity index (χ0) is 44.4. The highest BCUT2D eigenvalue weighted by Crippen LogP contribution is 2.36. The quantitative estimate of drug-likeness (QED) is 0.0732. The molecule has 2 aliphatic rings. The molecule has 2 aromatic heterocycles. The lowest BCUT2D eigenvalue weighted by Gasteiger charge is -2.44. The normalized spacial score (nSPS) is 16.3. The van der Waals surface area contributed by atoms with E-state index in [2.05, 4.69) is 85.5 Å². The molecule has 2 saturated heterocycles. The number of aryl methyl sites for hydroxylation is 1. The van der Waals surface area contributed by atoms with Gasteiger partial charge in [0.2, 0.25) is 5.88 Å². The van der Waals surface area contributed by atoms with E-state index in [0.29, 0.717) is 11.8 Å². The summed E-state index contributed by atoms with van der Waals surface area (Å²) < 4.78 is 16.4. The Kier molecular flexibility index (Phi) is 26.3. The maximum Gasteiger partial charge on any atom is 0.290 e. The highest BCUT2D eigenvalue weighted by atomic mass is 32.2. The van der Waals surface area contributed by atoms with Crippen LogP contribution in [0.1, 0.15) is 132 Å². The summed E-state index contributed by atoms with van der Waals surface area (Å²) in [6, 6.07) is 6.07. The minimum atomic E-state index is -0.250. The van der Waals surface area contributed by atoms with Crippen LogP contribution in [0.4, 0.5) is 0 Å². The van der Waals surface area contributed by atoms with Crippen molar-refractivity contribution < 1.29 is 28.9 Å². The summed E-state index contributed by atoms with van der Waals surface area (Å²) in [6.07, 6.45) is 16.7. The van der Waals surface area contributed by atoms with Crippen molar-refractivity contribution in [3.8, 4) is 5.88 Å². The first-order chi connectivity index (χ1) is 28.2. The molecule has 59 heavy (non-hydrogen) atoms. The number of Topliss-reactive ketones (excluding diaryl/α,β-unsaturated/α-hetero) is 1. The van der Waals surface area contributed by atoms with E-state index in [-0.39, 0.29) is 23.8 Å². The maximum atomic E-state index is 12.3. The van der Waals surface area contributed by atoms with E-state index in [1.807, 2.05) is 65.1 Å². The third-order valence-electron chi connectivity index (χ3n) is 10.0. The molecule has 4 heterocycles. The number of carbonyl (C=O) groups is 2. The highest BCUT2D eigenvalue weighted by Gasteiger charge is 2.42. The number of methoxy groups -OCH3 is 1. The zero-order valence-electron chi connectivity index (χ0n) is 38.4. The molecule has 0 aromatic carbocycles. The van der Waals surface area contributed by atoms with Crippen molar-refractivity contribution in [1.29, 1.82) is 0 Å². The second-order valence-electron chi connectivity index (χ2n) is 15.4. The number of rotatable bonds is 16. The van der Waals surface area contributed by atoms with Crippen LogP contribution in [-0.4, -0.2) is 89.5 Å². The summed E-state index contributed by atoms with van der Waals surface area (Å²) in [5, 5.41) is 6.89. The van der Waals surface area contributed by atoms with Gasteiger partial charge in [-0.1, -0.05) is 91.8 Å². The molecule has 330 valence electrons. The van der Waals surface area contributed by atoms with Gasteiger partial charge in [0.15, 0.2) is 5.78 Å². The molecule has 0 saturated carbocycles. The van der Waals surface area contributed by atoms with E-state index in [9.17, 15) is 4.79 Å². The number of amidine groups is 2. The van der Waals surface area contributed by atoms with Gasteiger partial charge in [-0.15, -0.1) is 0 Å². The molecule has 2 fully saturated rings. The van der Waals surface area contributed by atoms with Gasteiger partial charge in [-0.3, -0.25) is 9.59 Å². The summed E-state index contributed by atoms with van der Waals surface area (Å²) in [5.74, 6) is 4.03. The maximum absolute atomic E-state index is 12.3. The fraction of sp³-hybridized carbons (Fsp3) is 0.596. The van der Waals surface area contributed by atoms with E-state index < -0.39 is 0 Å². The van der Waals surface area contributed by atoms with Gasteiger partial charge in [-0.2, -0.15) is 0 Å². The predicted octanol–water partition coefficient (Wildman–Crippen LogP) is 11.3. The van der Waals surface area contributed by atoms with Crippen molar-refractivity contribution in [3.05, 3.63) is 70.5 Å². The van der Waals surface area contributed by atoms with Crippen molar-refractivity contribution in [2.45, 2.75) is 127 Å². The number of carboxylic acid groups (broad SMARTS) is 1. The molecule has 0 amide bonds. The number of thioether (sulfide) groups is 1. The number of hydrogen-bond acceptors (Lipinski definition) is 8. The van der Waals surface area contributed by atoms with E-state index in [1.165, 1.54) is 37.4 Å². The van der Waals surface area contributed by atoms with Gasteiger partial charge in [-0.05, 0) is 89.8 Å². The second kappa shape index (κ2) is 29.3. The average Bonchev–Trinajstić information content (AvgIpc) is 3.94. The third kappa shape index (κ3) is 18.9. The summed E-state index contributed by atoms with van der Waals surface area (Å²) in [5.41, 5.74) is 4.04. The van der Waals surface area contributed by atoms with Gasteiger partial charge in [0.25, 0.3) is 6.47 Å². The predicted molar refractivity (Wildman–Crippen MR) is 248 cm³/mol. The Morgan fingerprint density at radius 2 is 1.73 bits per heavy atom. The molecule has 12 heteroatoms. The minimum Gasteiger partial charge on any atom is -0.483 e. The second-order valence-corrected chi connectivity index (χ2v) is 16.4. The van der Waals surface area contributed by atoms with Gasteiger partial charge in [-0.25, -0.2) is 15.0 Å². The van der Waals surface area contributed by atoms with E-state index >= 15 is 0 Å². The number of aromatic nitrogens is 2. The number of aliphatic imine (C=N–C) groups is 2. The SMILES string of the molecule is C/C=C(\S/C(=C/CC)c1cnc(OC)c(C)c1)C(=O)C(C)C.CC/C=C(/N=C(C)N=C(C)N1CCCC1)c1ccc[nH]1.CCC(C)CCOC1(C(C)C)COC1.O=CO.